The van der Waals surface area contributed by atoms with E-state index >= 15 is 0 Å². The smallest absolute Gasteiger partial charge is 0.113 e. The molecule has 0 bridgehead atoms. The maximum Gasteiger partial charge on any atom is 0.113 e. The van der Waals surface area contributed by atoms with E-state index in [4.69, 9.17) is 0 Å². The fraction of sp³-hybridized carbons (Fsp3) is 0.467. The molecule has 19 heavy (non-hydrogen) atoms. The second-order valence-corrected chi connectivity index (χ2v) is 4.65. The second kappa shape index (κ2) is 7.04. The molecule has 0 spiro atoms. The van der Waals surface area contributed by atoms with E-state index in [1.807, 2.05) is 24.7 Å². The van der Waals surface area contributed by atoms with Crippen molar-refractivity contribution < 1.29 is 0 Å². The first-order chi connectivity index (χ1) is 9.35. The van der Waals surface area contributed by atoms with Gasteiger partial charge in [-0.05, 0) is 31.5 Å². The molecule has 4 heteroatoms. The van der Waals surface area contributed by atoms with E-state index < -0.39 is 0 Å². The summed E-state index contributed by atoms with van der Waals surface area (Å²) in [6, 6.07) is 4.16. The Labute approximate surface area is 114 Å². The van der Waals surface area contributed by atoms with Gasteiger partial charge in [0, 0.05) is 31.6 Å². The van der Waals surface area contributed by atoms with E-state index in [0.29, 0.717) is 0 Å². The van der Waals surface area contributed by atoms with Gasteiger partial charge in [0.25, 0.3) is 0 Å². The topological polar surface area (TPSA) is 42.7 Å². The van der Waals surface area contributed by atoms with Crippen LogP contribution in [-0.4, -0.2) is 21.1 Å². The maximum atomic E-state index is 4.41. The molecule has 0 aliphatic carbocycles. The van der Waals surface area contributed by atoms with Crippen LogP contribution in [0.4, 0.5) is 0 Å². The fourth-order valence-corrected chi connectivity index (χ4v) is 2.08. The molecule has 2 rings (SSSR count). The highest BCUT2D eigenvalue weighted by Gasteiger charge is 2.05. The third-order valence-corrected chi connectivity index (χ3v) is 3.00. The Hall–Kier alpha value is -1.68. The molecule has 1 N–H and O–H groups in total. The highest BCUT2D eigenvalue weighted by molar-refractivity contribution is 5.33. The van der Waals surface area contributed by atoms with Crippen LogP contribution >= 0.6 is 0 Å². The van der Waals surface area contributed by atoms with Gasteiger partial charge in [-0.3, -0.25) is 4.98 Å². The monoisotopic (exact) mass is 258 g/mol. The Morgan fingerprint density at radius 1 is 1.16 bits per heavy atom. The lowest BCUT2D eigenvalue weighted by Crippen LogP contribution is -2.15. The van der Waals surface area contributed by atoms with Crippen LogP contribution in [0.2, 0.25) is 0 Å². The summed E-state index contributed by atoms with van der Waals surface area (Å²) in [6.07, 6.45) is 8.99. The first-order valence-electron chi connectivity index (χ1n) is 7.03. The van der Waals surface area contributed by atoms with Gasteiger partial charge in [0.15, 0.2) is 0 Å². The number of aromatic nitrogens is 3. The van der Waals surface area contributed by atoms with Crippen LogP contribution < -0.4 is 5.32 Å². The van der Waals surface area contributed by atoms with E-state index in [9.17, 15) is 0 Å². The molecule has 0 fully saturated rings. The van der Waals surface area contributed by atoms with Crippen molar-refractivity contribution in [2.45, 2.75) is 39.7 Å². The highest BCUT2D eigenvalue weighted by atomic mass is 15.1. The Kier molecular flexibility index (Phi) is 5.10. The van der Waals surface area contributed by atoms with Gasteiger partial charge in [0.05, 0.1) is 11.4 Å². The van der Waals surface area contributed by atoms with Crippen molar-refractivity contribution in [3.05, 3.63) is 42.2 Å². The summed E-state index contributed by atoms with van der Waals surface area (Å²) in [7, 11) is 0. The molecule has 0 amide bonds. The SMILES string of the molecule is CCCNCc1cc(-n2ccnc2CCC)ccn1. The number of imidazole rings is 1. The Morgan fingerprint density at radius 3 is 2.84 bits per heavy atom. The van der Waals surface area contributed by atoms with Crippen molar-refractivity contribution in [2.24, 2.45) is 0 Å². The minimum Gasteiger partial charge on any atom is -0.311 e. The second-order valence-electron chi connectivity index (χ2n) is 4.65. The van der Waals surface area contributed by atoms with E-state index in [2.05, 4.69) is 39.8 Å². The lowest BCUT2D eigenvalue weighted by molar-refractivity contribution is 0.663. The average molecular weight is 258 g/mol. The third kappa shape index (κ3) is 3.64. The number of hydrogen-bond donors (Lipinski definition) is 1. The zero-order chi connectivity index (χ0) is 13.5. The molecule has 0 saturated heterocycles. The molecule has 0 radical (unpaired) electrons. The van der Waals surface area contributed by atoms with Crippen molar-refractivity contribution in [2.75, 3.05) is 6.54 Å². The van der Waals surface area contributed by atoms with Crippen molar-refractivity contribution in [1.82, 2.24) is 19.9 Å². The van der Waals surface area contributed by atoms with E-state index in [1.54, 1.807) is 0 Å². The van der Waals surface area contributed by atoms with Crippen molar-refractivity contribution in [1.29, 1.82) is 0 Å². The molecule has 102 valence electrons. The van der Waals surface area contributed by atoms with Crippen molar-refractivity contribution in [3.8, 4) is 5.69 Å². The number of aryl methyl sites for hydroxylation is 1. The molecule has 0 unspecified atom stereocenters. The van der Waals surface area contributed by atoms with Gasteiger partial charge in [0.1, 0.15) is 5.82 Å². The molecule has 0 saturated carbocycles. The quantitative estimate of drug-likeness (QED) is 0.776. The van der Waals surface area contributed by atoms with E-state index in [1.165, 1.54) is 0 Å². The molecule has 0 atom stereocenters. The number of pyridine rings is 1. The van der Waals surface area contributed by atoms with Crippen LogP contribution in [0.25, 0.3) is 5.69 Å². The summed E-state index contributed by atoms with van der Waals surface area (Å²) in [5.41, 5.74) is 2.21. The highest BCUT2D eigenvalue weighted by Crippen LogP contribution is 2.12. The first kappa shape index (κ1) is 13.7. The van der Waals surface area contributed by atoms with Crippen molar-refractivity contribution in [3.63, 3.8) is 0 Å². The number of rotatable bonds is 7. The van der Waals surface area contributed by atoms with Gasteiger partial charge < -0.3 is 9.88 Å². The number of hydrogen-bond acceptors (Lipinski definition) is 3. The molecule has 2 aromatic rings. The molecule has 2 aromatic heterocycles. The fourth-order valence-electron chi connectivity index (χ4n) is 2.08. The molecule has 0 aliphatic rings. The molecule has 2 heterocycles. The van der Waals surface area contributed by atoms with E-state index in [-0.39, 0.29) is 0 Å². The lowest BCUT2D eigenvalue weighted by atomic mass is 10.2. The van der Waals surface area contributed by atoms with E-state index in [0.717, 1.165) is 49.6 Å². The number of nitrogens with zero attached hydrogens (tertiary/aromatic N) is 3. The lowest BCUT2D eigenvalue weighted by Gasteiger charge is -2.09. The predicted octanol–water partition coefficient (Wildman–Crippen LogP) is 2.72. The van der Waals surface area contributed by atoms with Gasteiger partial charge in [-0.2, -0.15) is 0 Å². The summed E-state index contributed by atoms with van der Waals surface area (Å²) in [6.45, 7) is 6.18. The Morgan fingerprint density at radius 2 is 2.05 bits per heavy atom. The van der Waals surface area contributed by atoms with Crippen LogP contribution in [0.5, 0.6) is 0 Å². The average Bonchev–Trinajstić information content (AvgIpc) is 2.88. The van der Waals surface area contributed by atoms with Gasteiger partial charge >= 0.3 is 0 Å². The maximum absolute atomic E-state index is 4.41. The Balaban J connectivity index is 2.15. The summed E-state index contributed by atoms with van der Waals surface area (Å²) in [5.74, 6) is 1.11. The normalized spacial score (nSPS) is 10.8. The first-order valence-corrected chi connectivity index (χ1v) is 7.03. The summed E-state index contributed by atoms with van der Waals surface area (Å²) < 4.78 is 2.15. The summed E-state index contributed by atoms with van der Waals surface area (Å²) in [5, 5.41) is 3.38. The standard InChI is InChI=1S/C15H22N4/c1-3-5-15-18-9-10-19(15)14-6-8-17-13(11-14)12-16-7-4-2/h6,8-11,16H,3-5,7,12H2,1-2H3. The minimum atomic E-state index is 0.819. The molecular formula is C15H22N4. The molecule has 0 aliphatic heterocycles. The molecule has 4 nitrogen and oxygen atoms in total. The Bertz CT molecular complexity index is 504. The van der Waals surface area contributed by atoms with Crippen LogP contribution in [0.15, 0.2) is 30.7 Å². The van der Waals surface area contributed by atoms with Gasteiger partial charge in [-0.1, -0.05) is 13.8 Å². The summed E-state index contributed by atoms with van der Waals surface area (Å²) in [4.78, 5) is 8.81. The van der Waals surface area contributed by atoms with Crippen LogP contribution in [0, 0.1) is 0 Å². The zero-order valence-corrected chi connectivity index (χ0v) is 11.8. The third-order valence-electron chi connectivity index (χ3n) is 3.00. The summed E-state index contributed by atoms with van der Waals surface area (Å²) >= 11 is 0. The van der Waals surface area contributed by atoms with Crippen LogP contribution in [0.3, 0.4) is 0 Å². The zero-order valence-electron chi connectivity index (χ0n) is 11.8. The van der Waals surface area contributed by atoms with Gasteiger partial charge in [0.2, 0.25) is 0 Å². The largest absolute Gasteiger partial charge is 0.311 e. The van der Waals surface area contributed by atoms with Gasteiger partial charge in [-0.25, -0.2) is 4.98 Å². The van der Waals surface area contributed by atoms with Crippen LogP contribution in [-0.2, 0) is 13.0 Å². The number of nitrogens with one attached hydrogen (secondary N) is 1. The minimum absolute atomic E-state index is 0.819. The van der Waals surface area contributed by atoms with Gasteiger partial charge in [-0.15, -0.1) is 0 Å². The predicted molar refractivity (Wildman–Crippen MR) is 77.4 cm³/mol. The molecular weight excluding hydrogens is 236 g/mol. The van der Waals surface area contributed by atoms with Crippen LogP contribution in [0.1, 0.15) is 38.2 Å². The van der Waals surface area contributed by atoms with Crippen molar-refractivity contribution >= 4 is 0 Å². The molecule has 0 aromatic carbocycles.